The van der Waals surface area contributed by atoms with Crippen molar-refractivity contribution in [3.63, 3.8) is 0 Å². The summed E-state index contributed by atoms with van der Waals surface area (Å²) >= 11 is 6.03. The summed E-state index contributed by atoms with van der Waals surface area (Å²) < 4.78 is 0. The third kappa shape index (κ3) is 2.50. The van der Waals surface area contributed by atoms with E-state index in [0.717, 1.165) is 11.1 Å². The molecule has 1 aliphatic rings. The molecule has 22 heavy (non-hydrogen) atoms. The molecule has 1 aliphatic carbocycles. The van der Waals surface area contributed by atoms with Gasteiger partial charge in [-0.1, -0.05) is 23.7 Å². The molecule has 0 saturated heterocycles. The lowest BCUT2D eigenvalue weighted by molar-refractivity contribution is -0.138. The van der Waals surface area contributed by atoms with Gasteiger partial charge >= 0.3 is 0 Å². The maximum atomic E-state index is 12.8. The Labute approximate surface area is 133 Å². The van der Waals surface area contributed by atoms with E-state index in [4.69, 9.17) is 11.6 Å². The van der Waals surface area contributed by atoms with E-state index < -0.39 is 5.41 Å². The lowest BCUT2D eigenvalue weighted by Crippen LogP contribution is -2.51. The highest BCUT2D eigenvalue weighted by Gasteiger charge is 2.51. The molecule has 1 N–H and O–H groups in total. The fourth-order valence-corrected chi connectivity index (χ4v) is 2.95. The topological polar surface area (TPSA) is 59.1 Å². The molecule has 3 rings (SSSR count). The van der Waals surface area contributed by atoms with E-state index in [2.05, 4.69) is 10.3 Å². The molecule has 112 valence electrons. The summed E-state index contributed by atoms with van der Waals surface area (Å²) in [7, 11) is 0. The molecule has 5 heteroatoms. The lowest BCUT2D eigenvalue weighted by Gasteiger charge is -2.39. The van der Waals surface area contributed by atoms with Crippen molar-refractivity contribution in [2.45, 2.75) is 25.2 Å². The number of benzene rings is 1. The lowest BCUT2D eigenvalue weighted by atomic mass is 9.63. The number of nitrogens with zero attached hydrogens (tertiary/aromatic N) is 1. The van der Waals surface area contributed by atoms with E-state index in [-0.39, 0.29) is 24.5 Å². The summed E-state index contributed by atoms with van der Waals surface area (Å²) in [6, 6.07) is 8.90. The number of pyridine rings is 1. The smallest absolute Gasteiger partial charge is 0.235 e. The van der Waals surface area contributed by atoms with Gasteiger partial charge in [0, 0.05) is 35.9 Å². The molecule has 0 aliphatic heterocycles. The van der Waals surface area contributed by atoms with Crippen molar-refractivity contribution < 1.29 is 9.59 Å². The predicted molar refractivity (Wildman–Crippen MR) is 85.0 cm³/mol. The number of Topliss-reactive ketones (excluding diaryl/α,β-unsaturated/α-hetero) is 1. The molecule has 1 amide bonds. The van der Waals surface area contributed by atoms with Gasteiger partial charge in [-0.05, 0) is 36.2 Å². The van der Waals surface area contributed by atoms with Crippen molar-refractivity contribution in [3.8, 4) is 0 Å². The number of hydrogen-bond donors (Lipinski definition) is 1. The van der Waals surface area contributed by atoms with Crippen LogP contribution in [0.5, 0.6) is 0 Å². The summed E-state index contributed by atoms with van der Waals surface area (Å²) in [5, 5.41) is 3.48. The van der Waals surface area contributed by atoms with Crippen molar-refractivity contribution >= 4 is 29.0 Å². The van der Waals surface area contributed by atoms with Gasteiger partial charge in [-0.25, -0.2) is 0 Å². The molecule has 1 saturated carbocycles. The zero-order chi connectivity index (χ0) is 15.7. The number of halogens is 1. The van der Waals surface area contributed by atoms with E-state index in [1.165, 1.54) is 0 Å². The molecule has 1 fully saturated rings. The summed E-state index contributed by atoms with van der Waals surface area (Å²) in [5.41, 5.74) is 1.55. The molecule has 0 bridgehead atoms. The minimum atomic E-state index is -0.822. The van der Waals surface area contributed by atoms with Crippen LogP contribution in [0.4, 0.5) is 5.69 Å². The minimum absolute atomic E-state index is 0.0848. The number of nitrogens with one attached hydrogen (secondary N) is 1. The number of carbonyl (C=O) groups is 2. The normalized spacial score (nSPS) is 16.0. The molecule has 1 heterocycles. The average Bonchev–Trinajstić information content (AvgIpc) is 2.46. The van der Waals surface area contributed by atoms with Gasteiger partial charge in [-0.15, -0.1) is 0 Å². The second-order valence-corrected chi connectivity index (χ2v) is 6.07. The van der Waals surface area contributed by atoms with Gasteiger partial charge in [-0.3, -0.25) is 14.6 Å². The zero-order valence-corrected chi connectivity index (χ0v) is 12.9. The molecule has 0 atom stereocenters. The van der Waals surface area contributed by atoms with Crippen molar-refractivity contribution in [2.75, 3.05) is 5.32 Å². The minimum Gasteiger partial charge on any atom is -0.325 e. The number of amides is 1. The Morgan fingerprint density at radius 2 is 2.09 bits per heavy atom. The Bertz CT molecular complexity index is 750. The number of aryl methyl sites for hydroxylation is 1. The Kier molecular flexibility index (Phi) is 3.71. The molecule has 1 aromatic heterocycles. The number of carbonyl (C=O) groups excluding carboxylic acids is 2. The Morgan fingerprint density at radius 1 is 1.32 bits per heavy atom. The van der Waals surface area contributed by atoms with Gasteiger partial charge < -0.3 is 5.32 Å². The van der Waals surface area contributed by atoms with Crippen LogP contribution in [0.3, 0.4) is 0 Å². The highest BCUT2D eigenvalue weighted by Crippen LogP contribution is 2.43. The Morgan fingerprint density at radius 3 is 2.73 bits per heavy atom. The van der Waals surface area contributed by atoms with Crippen LogP contribution < -0.4 is 5.32 Å². The monoisotopic (exact) mass is 314 g/mol. The van der Waals surface area contributed by atoms with Crippen LogP contribution in [0.2, 0.25) is 5.02 Å². The fraction of sp³-hybridized carbons (Fsp3) is 0.235. The van der Waals surface area contributed by atoms with Crippen LogP contribution >= 0.6 is 11.6 Å². The summed E-state index contributed by atoms with van der Waals surface area (Å²) in [4.78, 5) is 28.4. The highest BCUT2D eigenvalue weighted by molar-refractivity contribution is 6.30. The van der Waals surface area contributed by atoms with E-state index >= 15 is 0 Å². The third-order valence-electron chi connectivity index (χ3n) is 4.08. The molecule has 0 unspecified atom stereocenters. The Hall–Kier alpha value is -2.20. The fourth-order valence-electron chi connectivity index (χ4n) is 2.76. The van der Waals surface area contributed by atoms with E-state index in [0.29, 0.717) is 10.7 Å². The molecule has 2 aromatic rings. The first-order valence-electron chi connectivity index (χ1n) is 7.01. The number of rotatable bonds is 3. The predicted octanol–water partition coefficient (Wildman–Crippen LogP) is 3.28. The number of aromatic nitrogens is 1. The largest absolute Gasteiger partial charge is 0.325 e. The molecule has 0 radical (unpaired) electrons. The van der Waals surface area contributed by atoms with Gasteiger partial charge in [-0.2, -0.15) is 0 Å². The van der Waals surface area contributed by atoms with Gasteiger partial charge in [0.05, 0.1) is 5.41 Å². The van der Waals surface area contributed by atoms with E-state index in [1.807, 2.05) is 13.0 Å². The molecular weight excluding hydrogens is 300 g/mol. The maximum Gasteiger partial charge on any atom is 0.235 e. The number of hydrogen-bond acceptors (Lipinski definition) is 3. The molecular formula is C17H15ClN2O2. The molecule has 4 nitrogen and oxygen atoms in total. The molecule has 0 spiro atoms. The van der Waals surface area contributed by atoms with E-state index in [9.17, 15) is 9.59 Å². The first-order valence-corrected chi connectivity index (χ1v) is 7.39. The van der Waals surface area contributed by atoms with Crippen LogP contribution in [-0.4, -0.2) is 16.7 Å². The van der Waals surface area contributed by atoms with Crippen LogP contribution in [0.1, 0.15) is 24.0 Å². The summed E-state index contributed by atoms with van der Waals surface area (Å²) in [6.45, 7) is 1.88. The van der Waals surface area contributed by atoms with Gasteiger partial charge in [0.1, 0.15) is 5.78 Å². The SMILES string of the molecule is Cc1cnccc1NC(=O)C1(c2cccc(Cl)c2)CC(=O)C1. The molecule has 1 aromatic carbocycles. The zero-order valence-electron chi connectivity index (χ0n) is 12.1. The van der Waals surface area contributed by atoms with Crippen LogP contribution in [-0.2, 0) is 15.0 Å². The standard InChI is InChI=1S/C17H15ClN2O2/c1-11-10-19-6-5-15(11)20-16(22)17(8-14(21)9-17)12-3-2-4-13(18)7-12/h2-7,10H,8-9H2,1H3,(H,19,20,22). The van der Waals surface area contributed by atoms with Gasteiger partial charge in [0.15, 0.2) is 0 Å². The van der Waals surface area contributed by atoms with Crippen molar-refractivity contribution in [1.82, 2.24) is 4.98 Å². The highest BCUT2D eigenvalue weighted by atomic mass is 35.5. The van der Waals surface area contributed by atoms with E-state index in [1.54, 1.807) is 36.7 Å². The second-order valence-electron chi connectivity index (χ2n) is 5.63. The first-order chi connectivity index (χ1) is 10.5. The van der Waals surface area contributed by atoms with Crippen molar-refractivity contribution in [2.24, 2.45) is 0 Å². The number of ketones is 1. The van der Waals surface area contributed by atoms with Crippen LogP contribution in [0, 0.1) is 6.92 Å². The van der Waals surface area contributed by atoms with Gasteiger partial charge in [0.25, 0.3) is 0 Å². The van der Waals surface area contributed by atoms with Gasteiger partial charge in [0.2, 0.25) is 5.91 Å². The van der Waals surface area contributed by atoms with Crippen LogP contribution in [0.15, 0.2) is 42.7 Å². The van der Waals surface area contributed by atoms with Crippen LogP contribution in [0.25, 0.3) is 0 Å². The second kappa shape index (κ2) is 5.54. The Balaban J connectivity index is 1.93. The van der Waals surface area contributed by atoms with Crippen molar-refractivity contribution in [3.05, 3.63) is 58.9 Å². The summed E-state index contributed by atoms with van der Waals surface area (Å²) in [5.74, 6) is -0.0924. The average molecular weight is 315 g/mol. The first kappa shape index (κ1) is 14.7. The third-order valence-corrected chi connectivity index (χ3v) is 4.31. The number of anilines is 1. The maximum absolute atomic E-state index is 12.8. The van der Waals surface area contributed by atoms with Crippen molar-refractivity contribution in [1.29, 1.82) is 0 Å². The summed E-state index contributed by atoms with van der Waals surface area (Å²) in [6.07, 6.45) is 3.74. The quantitative estimate of drug-likeness (QED) is 0.945.